The molecule has 0 atom stereocenters. The normalized spacial score (nSPS) is 17.6. The van der Waals surface area contributed by atoms with Crippen LogP contribution in [0.1, 0.15) is 25.0 Å². The van der Waals surface area contributed by atoms with E-state index in [4.69, 9.17) is 4.74 Å². The molecule has 0 fully saturated rings. The Labute approximate surface area is 132 Å². The summed E-state index contributed by atoms with van der Waals surface area (Å²) in [5.74, 6) is -1.43. The summed E-state index contributed by atoms with van der Waals surface area (Å²) in [6.45, 7) is 2.52. The summed E-state index contributed by atoms with van der Waals surface area (Å²) >= 11 is 0. The second kappa shape index (κ2) is 5.26. The molecular formula is C12H9F6NO4S. The first-order valence-electron chi connectivity index (χ1n) is 6.14. The van der Waals surface area contributed by atoms with Crippen molar-refractivity contribution in [1.82, 2.24) is 0 Å². The first kappa shape index (κ1) is 18.4. The van der Waals surface area contributed by atoms with Gasteiger partial charge in [0.1, 0.15) is 5.75 Å². The molecule has 12 heteroatoms. The van der Waals surface area contributed by atoms with E-state index >= 15 is 0 Å². The number of benzene rings is 1. The van der Waals surface area contributed by atoms with Crippen LogP contribution >= 0.6 is 0 Å². The molecular weight excluding hydrogens is 368 g/mol. The molecule has 0 radical (unpaired) electrons. The number of nitrogens with zero attached hydrogens (tertiary/aromatic N) is 1. The van der Waals surface area contributed by atoms with E-state index in [1.165, 1.54) is 13.8 Å². The number of rotatable bonds is 1. The zero-order valence-corrected chi connectivity index (χ0v) is 12.8. The molecule has 0 unspecified atom stereocenters. The Balaban J connectivity index is 2.58. The van der Waals surface area contributed by atoms with E-state index in [-0.39, 0.29) is 5.75 Å². The molecule has 1 aromatic carbocycles. The first-order chi connectivity index (χ1) is 10.6. The highest BCUT2D eigenvalue weighted by Crippen LogP contribution is 2.37. The molecule has 0 aliphatic carbocycles. The lowest BCUT2D eigenvalue weighted by molar-refractivity contribution is -0.137. The topological polar surface area (TPSA) is 65.0 Å². The average molecular weight is 377 g/mol. The van der Waals surface area contributed by atoms with Crippen LogP contribution in [0.5, 0.6) is 5.75 Å². The van der Waals surface area contributed by atoms with Gasteiger partial charge in [0.05, 0.1) is 11.1 Å². The summed E-state index contributed by atoms with van der Waals surface area (Å²) in [5, 5.41) is 0. The van der Waals surface area contributed by atoms with Gasteiger partial charge in [-0.25, -0.2) is 4.99 Å². The maximum absolute atomic E-state index is 12.7. The van der Waals surface area contributed by atoms with Gasteiger partial charge in [-0.15, -0.1) is 0 Å². The number of aliphatic imine (C=N–C) groups is 1. The van der Waals surface area contributed by atoms with Crippen molar-refractivity contribution in [2.75, 3.05) is 0 Å². The van der Waals surface area contributed by atoms with Crippen LogP contribution in [-0.4, -0.2) is 25.5 Å². The van der Waals surface area contributed by atoms with Gasteiger partial charge in [0.2, 0.25) is 5.90 Å². The van der Waals surface area contributed by atoms with Crippen LogP contribution < -0.4 is 4.74 Å². The Hall–Kier alpha value is -1.98. The molecule has 1 heterocycles. The van der Waals surface area contributed by atoms with E-state index in [9.17, 15) is 34.8 Å². The van der Waals surface area contributed by atoms with E-state index in [1.807, 2.05) is 0 Å². The van der Waals surface area contributed by atoms with E-state index in [0.717, 1.165) is 6.07 Å². The Kier molecular flexibility index (Phi) is 4.02. The fraction of sp³-hybridized carbons (Fsp3) is 0.417. The summed E-state index contributed by atoms with van der Waals surface area (Å²) < 4.78 is 107. The predicted octanol–water partition coefficient (Wildman–Crippen LogP) is 3.45. The number of ether oxygens (including phenoxy) is 1. The minimum atomic E-state index is -6.11. The van der Waals surface area contributed by atoms with Crippen LogP contribution in [0.25, 0.3) is 0 Å². The Bertz CT molecular complexity index is 795. The SMILES string of the molecule is CC1(C)N=C(OS(=O)(=O)C(F)(F)F)c2cc(C(F)(F)F)ccc2O1. The van der Waals surface area contributed by atoms with Crippen LogP contribution in [0, 0.1) is 0 Å². The van der Waals surface area contributed by atoms with Gasteiger partial charge >= 0.3 is 21.8 Å². The number of hydrogen-bond donors (Lipinski definition) is 0. The number of halogens is 6. The maximum Gasteiger partial charge on any atom is 0.534 e. The summed E-state index contributed by atoms with van der Waals surface area (Å²) in [6.07, 6.45) is -4.81. The van der Waals surface area contributed by atoms with Crippen LogP contribution in [0.2, 0.25) is 0 Å². The highest BCUT2D eigenvalue weighted by Gasteiger charge is 2.50. The maximum atomic E-state index is 12.7. The van der Waals surface area contributed by atoms with Crippen molar-refractivity contribution < 1.29 is 43.7 Å². The Morgan fingerprint density at radius 3 is 2.21 bits per heavy atom. The molecule has 24 heavy (non-hydrogen) atoms. The molecule has 1 aromatic rings. The third-order valence-corrected chi connectivity index (χ3v) is 3.68. The van der Waals surface area contributed by atoms with Gasteiger partial charge < -0.3 is 8.92 Å². The lowest BCUT2D eigenvalue weighted by Gasteiger charge is -2.29. The molecule has 0 bridgehead atoms. The minimum absolute atomic E-state index is 0.296. The molecule has 0 amide bonds. The minimum Gasteiger partial charge on any atom is -0.466 e. The quantitative estimate of drug-likeness (QED) is 0.427. The lowest BCUT2D eigenvalue weighted by Crippen LogP contribution is -2.36. The molecule has 2 rings (SSSR count). The second-order valence-electron chi connectivity index (χ2n) is 5.16. The zero-order chi connectivity index (χ0) is 18.6. The monoisotopic (exact) mass is 377 g/mol. The van der Waals surface area contributed by atoms with Crippen molar-refractivity contribution in [2.24, 2.45) is 4.99 Å². The predicted molar refractivity (Wildman–Crippen MR) is 68.7 cm³/mol. The van der Waals surface area contributed by atoms with Crippen LogP contribution in [0.4, 0.5) is 26.3 Å². The lowest BCUT2D eigenvalue weighted by atomic mass is 10.1. The highest BCUT2D eigenvalue weighted by atomic mass is 32.2. The summed E-state index contributed by atoms with van der Waals surface area (Å²) in [4.78, 5) is 3.50. The van der Waals surface area contributed by atoms with Crippen LogP contribution in [-0.2, 0) is 20.5 Å². The number of alkyl halides is 6. The summed E-state index contributed by atoms with van der Waals surface area (Å²) in [5.41, 5.74) is -9.19. The third-order valence-electron chi connectivity index (χ3n) is 2.74. The van der Waals surface area contributed by atoms with Gasteiger partial charge in [-0.1, -0.05) is 0 Å². The van der Waals surface area contributed by atoms with E-state index in [2.05, 4.69) is 9.18 Å². The molecule has 0 aromatic heterocycles. The molecule has 0 saturated heterocycles. The summed E-state index contributed by atoms with van der Waals surface area (Å²) in [7, 11) is -6.11. The van der Waals surface area contributed by atoms with Gasteiger partial charge in [0, 0.05) is 0 Å². The summed E-state index contributed by atoms with van der Waals surface area (Å²) in [6, 6.07) is 1.88. The standard InChI is InChI=1S/C12H9F6NO4S/c1-10(2)19-9(23-24(20,21)12(16,17)18)7-5-6(11(13,14)15)3-4-8(7)22-10/h3-5H,1-2H3. The molecule has 0 N–H and O–H groups in total. The highest BCUT2D eigenvalue weighted by molar-refractivity contribution is 7.88. The van der Waals surface area contributed by atoms with Gasteiger partial charge in [-0.3, -0.25) is 0 Å². The van der Waals surface area contributed by atoms with E-state index < -0.39 is 44.6 Å². The Morgan fingerprint density at radius 2 is 1.71 bits per heavy atom. The van der Waals surface area contributed by atoms with Crippen LogP contribution in [0.3, 0.4) is 0 Å². The van der Waals surface area contributed by atoms with Gasteiger partial charge in [-0.05, 0) is 32.0 Å². The van der Waals surface area contributed by atoms with E-state index in [1.54, 1.807) is 0 Å². The molecule has 5 nitrogen and oxygen atoms in total. The fourth-order valence-corrected chi connectivity index (χ4v) is 2.20. The average Bonchev–Trinajstić information content (AvgIpc) is 2.33. The molecule has 1 aliphatic rings. The van der Waals surface area contributed by atoms with Crippen molar-refractivity contribution >= 4 is 16.0 Å². The van der Waals surface area contributed by atoms with E-state index in [0.29, 0.717) is 12.1 Å². The van der Waals surface area contributed by atoms with Crippen molar-refractivity contribution in [3.8, 4) is 5.75 Å². The van der Waals surface area contributed by atoms with Crippen LogP contribution in [0.15, 0.2) is 23.2 Å². The van der Waals surface area contributed by atoms with Crippen molar-refractivity contribution in [1.29, 1.82) is 0 Å². The third kappa shape index (κ3) is 3.57. The van der Waals surface area contributed by atoms with Crippen molar-refractivity contribution in [3.05, 3.63) is 29.3 Å². The smallest absolute Gasteiger partial charge is 0.466 e. The molecule has 0 spiro atoms. The fourth-order valence-electron chi connectivity index (χ4n) is 1.77. The first-order valence-corrected chi connectivity index (χ1v) is 7.54. The molecule has 0 saturated carbocycles. The van der Waals surface area contributed by atoms with Gasteiger partial charge in [0.25, 0.3) is 0 Å². The zero-order valence-electron chi connectivity index (χ0n) is 12.0. The largest absolute Gasteiger partial charge is 0.534 e. The molecule has 134 valence electrons. The second-order valence-corrected chi connectivity index (χ2v) is 6.70. The number of fused-ring (bicyclic) bond motifs is 1. The van der Waals surface area contributed by atoms with Gasteiger partial charge in [-0.2, -0.15) is 34.8 Å². The van der Waals surface area contributed by atoms with Crippen molar-refractivity contribution in [2.45, 2.75) is 31.3 Å². The number of hydrogen-bond acceptors (Lipinski definition) is 5. The van der Waals surface area contributed by atoms with Gasteiger partial charge in [0.15, 0.2) is 5.72 Å². The van der Waals surface area contributed by atoms with Crippen molar-refractivity contribution in [3.63, 3.8) is 0 Å². The Morgan fingerprint density at radius 1 is 1.12 bits per heavy atom. The molecule has 1 aliphatic heterocycles.